The molecule has 0 amide bonds. The lowest BCUT2D eigenvalue weighted by molar-refractivity contribution is -0.120. The van der Waals surface area contributed by atoms with Crippen molar-refractivity contribution < 1.29 is 9.18 Å². The molecule has 1 aromatic carbocycles. The average Bonchev–Trinajstić information content (AvgIpc) is 2.82. The van der Waals surface area contributed by atoms with E-state index in [1.165, 1.54) is 13.0 Å². The van der Waals surface area contributed by atoms with E-state index in [1.54, 1.807) is 12.1 Å². The van der Waals surface area contributed by atoms with Crippen LogP contribution in [0.3, 0.4) is 0 Å². The van der Waals surface area contributed by atoms with E-state index < -0.39 is 12.0 Å². The Balaban J connectivity index is 2.17. The lowest BCUT2D eigenvalue weighted by atomic mass is 9.97. The van der Waals surface area contributed by atoms with Gasteiger partial charge in [-0.3, -0.25) is 4.79 Å². The number of ketones is 1. The zero-order chi connectivity index (χ0) is 13.1. The Hall–Kier alpha value is -1.98. The fraction of sp³-hybridized carbons (Fsp3) is 0.417. The van der Waals surface area contributed by atoms with Crippen LogP contribution in [0.5, 0.6) is 0 Å². The number of benzene rings is 1. The second-order valence-corrected chi connectivity index (χ2v) is 4.36. The van der Waals surface area contributed by atoms with Crippen molar-refractivity contribution in [3.63, 3.8) is 0 Å². The number of Topliss-reactive ketones (excluding diaryl/α,β-unsaturated/α-hetero) is 1. The minimum Gasteiger partial charge on any atom is -0.300 e. The predicted octanol–water partition coefficient (Wildman–Crippen LogP) is 3.42. The van der Waals surface area contributed by atoms with Gasteiger partial charge in [-0.05, 0) is 35.4 Å². The minimum atomic E-state index is -0.677. The highest BCUT2D eigenvalue weighted by Gasteiger charge is 2.18. The summed E-state index contributed by atoms with van der Waals surface area (Å²) in [5.41, 5.74) is 1.13. The number of halogens is 1. The first-order valence-corrected chi connectivity index (χ1v) is 5.66. The molecule has 1 aliphatic rings. The summed E-state index contributed by atoms with van der Waals surface area (Å²) in [4.78, 5) is 11.2. The summed E-state index contributed by atoms with van der Waals surface area (Å²) >= 11 is 0. The van der Waals surface area contributed by atoms with Crippen molar-refractivity contribution in [1.29, 1.82) is 0 Å². The van der Waals surface area contributed by atoms with Gasteiger partial charge in [0.1, 0.15) is 11.6 Å². The lowest BCUT2D eigenvalue weighted by Gasteiger charge is -2.09. The molecule has 1 aliphatic heterocycles. The molecule has 1 heterocycles. The Kier molecular flexibility index (Phi) is 3.55. The van der Waals surface area contributed by atoms with E-state index >= 15 is 0 Å². The van der Waals surface area contributed by atoms with E-state index in [-0.39, 0.29) is 11.7 Å². The van der Waals surface area contributed by atoms with Crippen LogP contribution in [-0.4, -0.2) is 5.78 Å². The van der Waals surface area contributed by atoms with Crippen molar-refractivity contribution in [2.75, 3.05) is 0 Å². The van der Waals surface area contributed by atoms with Crippen LogP contribution in [-0.2, 0) is 11.2 Å². The van der Waals surface area contributed by atoms with Gasteiger partial charge in [-0.15, -0.1) is 10.2 Å². The zero-order valence-electron chi connectivity index (χ0n) is 10.2. The molecule has 1 aromatic rings. The van der Waals surface area contributed by atoms with Crippen LogP contribution in [0.2, 0.25) is 0 Å². The summed E-state index contributed by atoms with van der Waals surface area (Å²) in [7, 11) is 0. The second kappa shape index (κ2) is 5.12. The molecular weight excluding hydrogens is 235 g/mol. The Bertz CT molecular complexity index is 515. The number of carbonyl (C=O) groups excluding carboxylic acids is 1. The molecule has 0 radical (unpaired) electrons. The van der Waals surface area contributed by atoms with Crippen LogP contribution < -0.4 is 0 Å². The lowest BCUT2D eigenvalue weighted by Crippen LogP contribution is -2.10. The Morgan fingerprint density at radius 1 is 1.39 bits per heavy atom. The molecule has 0 N–H and O–H groups in total. The van der Waals surface area contributed by atoms with Gasteiger partial charge in [-0.1, -0.05) is 19.1 Å². The van der Waals surface area contributed by atoms with Crippen molar-refractivity contribution >= 4 is 5.78 Å². The number of carbonyl (C=O) groups is 1. The van der Waals surface area contributed by atoms with Crippen LogP contribution in [0.25, 0.3) is 0 Å². The number of hydrogen-bond acceptors (Lipinski definition) is 5. The molecule has 94 valence electrons. The molecule has 0 spiro atoms. The third-order valence-corrected chi connectivity index (χ3v) is 2.94. The van der Waals surface area contributed by atoms with E-state index in [0.717, 1.165) is 5.56 Å². The van der Waals surface area contributed by atoms with E-state index in [1.807, 2.05) is 6.92 Å². The van der Waals surface area contributed by atoms with Crippen molar-refractivity contribution in [3.05, 3.63) is 35.1 Å². The van der Waals surface area contributed by atoms with Gasteiger partial charge in [-0.25, -0.2) is 4.39 Å². The number of hydrogen-bond donors (Lipinski definition) is 0. The fourth-order valence-electron chi connectivity index (χ4n) is 1.70. The topological polar surface area (TPSA) is 66.5 Å². The highest BCUT2D eigenvalue weighted by atomic mass is 19.1. The maximum Gasteiger partial charge on any atom is 0.213 e. The number of rotatable bonds is 4. The first-order chi connectivity index (χ1) is 8.58. The van der Waals surface area contributed by atoms with Gasteiger partial charge in [0.15, 0.2) is 0 Å². The highest BCUT2D eigenvalue weighted by molar-refractivity contribution is 5.78. The van der Waals surface area contributed by atoms with Gasteiger partial charge in [-0.2, -0.15) is 0 Å². The van der Waals surface area contributed by atoms with Gasteiger partial charge in [0, 0.05) is 11.5 Å². The SMILES string of the molecule is CC(=O)C(C)Cc1ccc(C2N=NN=N2)c(F)c1. The van der Waals surface area contributed by atoms with Gasteiger partial charge in [0.05, 0.1) is 0 Å². The molecule has 0 bridgehead atoms. The molecule has 2 rings (SSSR count). The van der Waals surface area contributed by atoms with Crippen LogP contribution in [0.4, 0.5) is 4.39 Å². The molecule has 6 heteroatoms. The van der Waals surface area contributed by atoms with Crippen molar-refractivity contribution in [1.82, 2.24) is 0 Å². The van der Waals surface area contributed by atoms with Crippen LogP contribution in [0.15, 0.2) is 38.9 Å². The summed E-state index contributed by atoms with van der Waals surface area (Å²) in [5, 5.41) is 14.1. The average molecular weight is 248 g/mol. The molecule has 0 aromatic heterocycles. The van der Waals surface area contributed by atoms with Crippen LogP contribution >= 0.6 is 0 Å². The monoisotopic (exact) mass is 248 g/mol. The van der Waals surface area contributed by atoms with Gasteiger partial charge in [0.2, 0.25) is 6.17 Å². The standard InChI is InChI=1S/C12H13FN4O/c1-7(8(2)18)5-9-3-4-10(11(13)6-9)12-14-16-17-15-12/h3-4,6-7,12H,5H2,1-2H3. The summed E-state index contributed by atoms with van der Waals surface area (Å²) in [6.45, 7) is 3.36. The summed E-state index contributed by atoms with van der Waals surface area (Å²) in [6, 6.07) is 4.81. The minimum absolute atomic E-state index is 0.0953. The van der Waals surface area contributed by atoms with Crippen molar-refractivity contribution in [2.45, 2.75) is 26.4 Å². The molecule has 0 saturated heterocycles. The molecule has 0 fully saturated rings. The largest absolute Gasteiger partial charge is 0.300 e. The van der Waals surface area contributed by atoms with Crippen LogP contribution in [0, 0.1) is 11.7 Å². The quantitative estimate of drug-likeness (QED) is 0.804. The van der Waals surface area contributed by atoms with E-state index in [9.17, 15) is 9.18 Å². The molecule has 5 nitrogen and oxygen atoms in total. The molecule has 0 saturated carbocycles. The first-order valence-electron chi connectivity index (χ1n) is 5.66. The highest BCUT2D eigenvalue weighted by Crippen LogP contribution is 2.27. The Morgan fingerprint density at radius 2 is 2.06 bits per heavy atom. The molecular formula is C12H13FN4O. The predicted molar refractivity (Wildman–Crippen MR) is 62.4 cm³/mol. The summed E-state index contributed by atoms with van der Waals surface area (Å²) in [6.07, 6.45) is -0.149. The van der Waals surface area contributed by atoms with Crippen molar-refractivity contribution in [2.24, 2.45) is 26.6 Å². The molecule has 18 heavy (non-hydrogen) atoms. The Morgan fingerprint density at radius 3 is 2.61 bits per heavy atom. The maximum absolute atomic E-state index is 13.9. The van der Waals surface area contributed by atoms with E-state index in [2.05, 4.69) is 20.7 Å². The third-order valence-electron chi connectivity index (χ3n) is 2.94. The zero-order valence-corrected chi connectivity index (χ0v) is 10.2. The summed E-state index contributed by atoms with van der Waals surface area (Å²) < 4.78 is 13.9. The van der Waals surface area contributed by atoms with E-state index in [4.69, 9.17) is 0 Å². The van der Waals surface area contributed by atoms with Crippen molar-refractivity contribution in [3.8, 4) is 0 Å². The van der Waals surface area contributed by atoms with Gasteiger partial charge in [0.25, 0.3) is 0 Å². The number of nitrogens with zero attached hydrogens (tertiary/aromatic N) is 4. The summed E-state index contributed by atoms with van der Waals surface area (Å²) in [5.74, 6) is -0.410. The fourth-order valence-corrected chi connectivity index (χ4v) is 1.70. The maximum atomic E-state index is 13.9. The van der Waals surface area contributed by atoms with Gasteiger partial charge < -0.3 is 0 Å². The molecule has 1 unspecified atom stereocenters. The van der Waals surface area contributed by atoms with E-state index in [0.29, 0.717) is 12.0 Å². The molecule has 0 aliphatic carbocycles. The van der Waals surface area contributed by atoms with Gasteiger partial charge >= 0.3 is 0 Å². The Labute approximate surface area is 104 Å². The normalized spacial score (nSPS) is 16.2. The molecule has 1 atom stereocenters. The van der Waals surface area contributed by atoms with Crippen LogP contribution in [0.1, 0.15) is 31.1 Å². The smallest absolute Gasteiger partial charge is 0.213 e. The first kappa shape index (κ1) is 12.5. The third kappa shape index (κ3) is 2.64. The second-order valence-electron chi connectivity index (χ2n) is 4.36.